The van der Waals surface area contributed by atoms with Gasteiger partial charge in [-0.05, 0) is 24.6 Å². The molecule has 0 radical (unpaired) electrons. The van der Waals surface area contributed by atoms with Gasteiger partial charge in [-0.3, -0.25) is 0 Å². The summed E-state index contributed by atoms with van der Waals surface area (Å²) < 4.78 is 27.6. The molecule has 1 fully saturated rings. The second-order valence-corrected chi connectivity index (χ2v) is 5.34. The minimum Gasteiger partial charge on any atom is -0.497 e. The number of hydrogen-bond donors (Lipinski definition) is 0. The zero-order valence-corrected chi connectivity index (χ0v) is 13.1. The summed E-state index contributed by atoms with van der Waals surface area (Å²) in [6, 6.07) is 7.82. The third-order valence-electron chi connectivity index (χ3n) is 3.83. The molecule has 0 spiro atoms. The predicted octanol–water partition coefficient (Wildman–Crippen LogP) is 2.38. The van der Waals surface area contributed by atoms with Gasteiger partial charge in [0.25, 0.3) is 0 Å². The lowest BCUT2D eigenvalue weighted by molar-refractivity contribution is -0.207. The molecule has 0 bridgehead atoms. The summed E-state index contributed by atoms with van der Waals surface area (Å²) in [6.45, 7) is 2.93. The Morgan fingerprint density at radius 1 is 1.19 bits per heavy atom. The van der Waals surface area contributed by atoms with Crippen molar-refractivity contribution in [1.29, 1.82) is 0 Å². The average Bonchev–Trinajstić information content (AvgIpc) is 2.85. The number of hydrogen-bond acceptors (Lipinski definition) is 5. The van der Waals surface area contributed by atoms with E-state index in [1.807, 2.05) is 31.2 Å². The van der Waals surface area contributed by atoms with E-state index in [1.165, 1.54) is 0 Å². The minimum atomic E-state index is -0.588. The van der Waals surface area contributed by atoms with E-state index in [9.17, 15) is 0 Å². The number of methoxy groups -OCH3 is 3. The van der Waals surface area contributed by atoms with Crippen molar-refractivity contribution >= 4 is 0 Å². The van der Waals surface area contributed by atoms with E-state index in [2.05, 4.69) is 0 Å². The maximum absolute atomic E-state index is 5.88. The van der Waals surface area contributed by atoms with Crippen molar-refractivity contribution in [2.24, 2.45) is 0 Å². The Hall–Kier alpha value is -1.14. The van der Waals surface area contributed by atoms with Gasteiger partial charge in [0.1, 0.15) is 11.9 Å². The summed E-state index contributed by atoms with van der Waals surface area (Å²) in [4.78, 5) is 0. The first kappa shape index (κ1) is 16.2. The number of benzene rings is 1. The van der Waals surface area contributed by atoms with E-state index in [4.69, 9.17) is 23.7 Å². The third kappa shape index (κ3) is 4.17. The topological polar surface area (TPSA) is 46.2 Å². The van der Waals surface area contributed by atoms with Crippen LogP contribution >= 0.6 is 0 Å². The van der Waals surface area contributed by atoms with Gasteiger partial charge in [0, 0.05) is 20.6 Å². The van der Waals surface area contributed by atoms with Gasteiger partial charge in [-0.1, -0.05) is 12.1 Å². The van der Waals surface area contributed by atoms with E-state index >= 15 is 0 Å². The highest BCUT2D eigenvalue weighted by atomic mass is 16.7. The molecular formula is C16H24O5. The minimum absolute atomic E-state index is 0.00850. The van der Waals surface area contributed by atoms with Crippen molar-refractivity contribution in [3.05, 3.63) is 29.8 Å². The molecule has 1 unspecified atom stereocenters. The van der Waals surface area contributed by atoms with Crippen LogP contribution in [0.2, 0.25) is 0 Å². The van der Waals surface area contributed by atoms with Crippen LogP contribution < -0.4 is 4.74 Å². The second kappa shape index (κ2) is 7.22. The van der Waals surface area contributed by atoms with E-state index in [0.29, 0.717) is 19.6 Å². The van der Waals surface area contributed by atoms with Crippen molar-refractivity contribution in [1.82, 2.24) is 0 Å². The molecule has 5 heteroatoms. The molecule has 5 nitrogen and oxygen atoms in total. The Bertz CT molecular complexity index is 433. The van der Waals surface area contributed by atoms with Crippen LogP contribution in [-0.2, 0) is 25.6 Å². The summed E-state index contributed by atoms with van der Waals surface area (Å²) >= 11 is 0. The highest BCUT2D eigenvalue weighted by Crippen LogP contribution is 2.32. The fourth-order valence-electron chi connectivity index (χ4n) is 2.46. The molecule has 1 aliphatic rings. The summed E-state index contributed by atoms with van der Waals surface area (Å²) in [5.41, 5.74) is 1.09. The largest absolute Gasteiger partial charge is 0.497 e. The molecule has 0 saturated carbocycles. The van der Waals surface area contributed by atoms with Crippen LogP contribution in [0, 0.1) is 0 Å². The van der Waals surface area contributed by atoms with Crippen LogP contribution in [0.15, 0.2) is 24.3 Å². The Labute approximate surface area is 126 Å². The highest BCUT2D eigenvalue weighted by Gasteiger charge is 2.43. The van der Waals surface area contributed by atoms with E-state index in [-0.39, 0.29) is 12.2 Å². The van der Waals surface area contributed by atoms with Crippen LogP contribution in [0.25, 0.3) is 0 Å². The average molecular weight is 296 g/mol. The van der Waals surface area contributed by atoms with Crippen LogP contribution in [0.1, 0.15) is 18.9 Å². The van der Waals surface area contributed by atoms with E-state index < -0.39 is 5.79 Å². The summed E-state index contributed by atoms with van der Waals surface area (Å²) in [5.74, 6) is 0.252. The smallest absolute Gasteiger partial charge is 0.168 e. The number of rotatable bonds is 7. The fraction of sp³-hybridized carbons (Fsp3) is 0.625. The molecule has 1 heterocycles. The van der Waals surface area contributed by atoms with Crippen molar-refractivity contribution in [3.8, 4) is 5.75 Å². The molecule has 1 aromatic carbocycles. The lowest BCUT2D eigenvalue weighted by atomic mass is 10.1. The molecule has 2 rings (SSSR count). The lowest BCUT2D eigenvalue weighted by Gasteiger charge is -2.22. The van der Waals surface area contributed by atoms with Gasteiger partial charge in [-0.25, -0.2) is 0 Å². The second-order valence-electron chi connectivity index (χ2n) is 5.34. The van der Waals surface area contributed by atoms with Crippen LogP contribution in [0.4, 0.5) is 0 Å². The van der Waals surface area contributed by atoms with Gasteiger partial charge in [0.05, 0.1) is 26.4 Å². The van der Waals surface area contributed by atoms with Crippen LogP contribution in [0.5, 0.6) is 5.75 Å². The molecule has 21 heavy (non-hydrogen) atoms. The van der Waals surface area contributed by atoms with Gasteiger partial charge >= 0.3 is 0 Å². The lowest BCUT2D eigenvalue weighted by Crippen LogP contribution is -2.29. The summed E-state index contributed by atoms with van der Waals surface area (Å²) in [5, 5.41) is 0. The fourth-order valence-corrected chi connectivity index (χ4v) is 2.46. The van der Waals surface area contributed by atoms with Gasteiger partial charge in [-0.2, -0.15) is 0 Å². The molecule has 1 aliphatic heterocycles. The van der Waals surface area contributed by atoms with Crippen molar-refractivity contribution in [3.63, 3.8) is 0 Å². The van der Waals surface area contributed by atoms with Gasteiger partial charge in [-0.15, -0.1) is 0 Å². The molecule has 0 N–H and O–H groups in total. The normalized spacial score (nSPS) is 28.8. The first-order valence-electron chi connectivity index (χ1n) is 7.06. The molecule has 0 aliphatic carbocycles. The number of ether oxygens (including phenoxy) is 5. The van der Waals surface area contributed by atoms with Crippen molar-refractivity contribution in [2.45, 2.75) is 37.9 Å². The summed E-state index contributed by atoms with van der Waals surface area (Å²) in [7, 11) is 4.99. The predicted molar refractivity (Wildman–Crippen MR) is 78.4 cm³/mol. The Morgan fingerprint density at radius 3 is 2.48 bits per heavy atom. The molecule has 118 valence electrons. The maximum atomic E-state index is 5.88. The van der Waals surface area contributed by atoms with Gasteiger partial charge in [0.2, 0.25) is 0 Å². The third-order valence-corrected chi connectivity index (χ3v) is 3.83. The first-order valence-corrected chi connectivity index (χ1v) is 7.06. The molecule has 0 amide bonds. The molecule has 1 aromatic rings. The summed E-state index contributed by atoms with van der Waals surface area (Å²) in [6.07, 6.45) is 0.584. The highest BCUT2D eigenvalue weighted by molar-refractivity contribution is 5.26. The SMILES string of the molecule is COc1ccc(COC[C@@H]2OC(C)(OC)C[C@@H]2OC)cc1. The molecular weight excluding hydrogens is 272 g/mol. The van der Waals surface area contributed by atoms with Gasteiger partial charge < -0.3 is 23.7 Å². The van der Waals surface area contributed by atoms with Crippen LogP contribution in [-0.4, -0.2) is 45.9 Å². The Kier molecular flexibility index (Phi) is 5.58. The zero-order valence-electron chi connectivity index (χ0n) is 13.1. The van der Waals surface area contributed by atoms with Gasteiger partial charge in [0.15, 0.2) is 5.79 Å². The Balaban J connectivity index is 1.82. The van der Waals surface area contributed by atoms with Crippen LogP contribution in [0.3, 0.4) is 0 Å². The standard InChI is InChI=1S/C16H24O5/c1-16(19-4)9-14(18-3)15(21-16)11-20-10-12-5-7-13(17-2)8-6-12/h5-8,14-15H,9-11H2,1-4H3/t14-,15-,16?/m0/s1. The van der Waals surface area contributed by atoms with Crippen molar-refractivity contribution < 1.29 is 23.7 Å². The first-order chi connectivity index (χ1) is 10.1. The monoisotopic (exact) mass is 296 g/mol. The maximum Gasteiger partial charge on any atom is 0.168 e. The van der Waals surface area contributed by atoms with E-state index in [1.54, 1.807) is 21.3 Å². The Morgan fingerprint density at radius 2 is 1.90 bits per heavy atom. The van der Waals surface area contributed by atoms with E-state index in [0.717, 1.165) is 11.3 Å². The zero-order chi connectivity index (χ0) is 15.3. The quantitative estimate of drug-likeness (QED) is 0.773. The molecule has 0 aromatic heterocycles. The molecule has 3 atom stereocenters. The van der Waals surface area contributed by atoms with Crippen molar-refractivity contribution in [2.75, 3.05) is 27.9 Å². The molecule has 1 saturated heterocycles.